The van der Waals surface area contributed by atoms with Crippen molar-refractivity contribution in [1.29, 1.82) is 0 Å². The summed E-state index contributed by atoms with van der Waals surface area (Å²) in [6, 6.07) is 5.72. The highest BCUT2D eigenvalue weighted by molar-refractivity contribution is 5.59. The van der Waals surface area contributed by atoms with Gasteiger partial charge in [0.25, 0.3) is 0 Å². The van der Waals surface area contributed by atoms with Crippen molar-refractivity contribution in [3.05, 3.63) is 23.8 Å². The van der Waals surface area contributed by atoms with E-state index in [1.807, 2.05) is 6.07 Å². The molecule has 1 aromatic rings. The van der Waals surface area contributed by atoms with E-state index in [1.165, 1.54) is 5.56 Å². The maximum Gasteiger partial charge on any atom is 0.117 e. The Bertz CT molecular complexity index is 299. The van der Waals surface area contributed by atoms with Gasteiger partial charge in [0.05, 0.1) is 0 Å². The molecule has 0 radical (unpaired) electrons. The van der Waals surface area contributed by atoms with Gasteiger partial charge in [0.2, 0.25) is 0 Å². The summed E-state index contributed by atoms with van der Waals surface area (Å²) < 4.78 is 0. The monoisotopic (exact) mass is 164 g/mol. The van der Waals surface area contributed by atoms with Crippen LogP contribution in [-0.2, 0) is 6.42 Å². The van der Waals surface area contributed by atoms with Crippen LogP contribution in [0.25, 0.3) is 0 Å². The van der Waals surface area contributed by atoms with Gasteiger partial charge in [-0.25, -0.2) is 0 Å². The lowest BCUT2D eigenvalue weighted by Crippen LogP contribution is -2.25. The number of nitrogens with two attached hydrogens (primary N) is 1. The number of hydrogen-bond donors (Lipinski definition) is 3. The summed E-state index contributed by atoms with van der Waals surface area (Å²) in [6.45, 7) is 0.634. The molecule has 0 fully saturated rings. The first-order valence-electron chi connectivity index (χ1n) is 4.08. The van der Waals surface area contributed by atoms with Gasteiger partial charge >= 0.3 is 0 Å². The van der Waals surface area contributed by atoms with Crippen molar-refractivity contribution in [2.75, 3.05) is 11.9 Å². The molecule has 1 atom stereocenters. The molecule has 3 heteroatoms. The fraction of sp³-hybridized carbons (Fsp3) is 0.333. The molecule has 1 heterocycles. The van der Waals surface area contributed by atoms with E-state index < -0.39 is 0 Å². The van der Waals surface area contributed by atoms with Gasteiger partial charge in [-0.3, -0.25) is 0 Å². The molecule has 0 amide bonds. The largest absolute Gasteiger partial charge is 0.508 e. The van der Waals surface area contributed by atoms with E-state index in [0.29, 0.717) is 18.3 Å². The number of phenols is 1. The van der Waals surface area contributed by atoms with Gasteiger partial charge in [-0.15, -0.1) is 0 Å². The summed E-state index contributed by atoms with van der Waals surface area (Å²) in [5.41, 5.74) is 7.78. The molecule has 4 N–H and O–H groups in total. The van der Waals surface area contributed by atoms with Crippen LogP contribution >= 0.6 is 0 Å². The van der Waals surface area contributed by atoms with Crippen LogP contribution in [0.4, 0.5) is 5.69 Å². The molecule has 1 aliphatic heterocycles. The molecule has 3 nitrogen and oxygen atoms in total. The quantitative estimate of drug-likeness (QED) is 0.572. The van der Waals surface area contributed by atoms with Crippen LogP contribution < -0.4 is 11.1 Å². The van der Waals surface area contributed by atoms with Gasteiger partial charge in [-0.2, -0.15) is 0 Å². The van der Waals surface area contributed by atoms with Crippen LogP contribution in [0.3, 0.4) is 0 Å². The van der Waals surface area contributed by atoms with Crippen molar-refractivity contribution in [3.63, 3.8) is 0 Å². The predicted molar refractivity (Wildman–Crippen MR) is 48.3 cm³/mol. The standard InChI is InChI=1S/C9H12N2O/c10-5-7-3-6-1-2-8(12)4-9(6)11-7/h1-2,4,7,11-12H,3,5,10H2. The number of anilines is 1. The van der Waals surface area contributed by atoms with E-state index in [-0.39, 0.29) is 0 Å². The third-order valence-corrected chi connectivity index (χ3v) is 2.20. The predicted octanol–water partition coefficient (Wildman–Crippen LogP) is 0.687. The fourth-order valence-corrected chi connectivity index (χ4v) is 1.56. The maximum absolute atomic E-state index is 9.18. The van der Waals surface area contributed by atoms with Crippen molar-refractivity contribution in [2.24, 2.45) is 5.73 Å². The molecule has 0 bridgehead atoms. The van der Waals surface area contributed by atoms with Gasteiger partial charge in [-0.05, 0) is 18.1 Å². The van der Waals surface area contributed by atoms with Crippen molar-refractivity contribution in [2.45, 2.75) is 12.5 Å². The first kappa shape index (κ1) is 7.43. The third kappa shape index (κ3) is 1.12. The van der Waals surface area contributed by atoms with Gasteiger partial charge in [0, 0.05) is 24.3 Å². The summed E-state index contributed by atoms with van der Waals surface area (Å²) in [5, 5.41) is 12.4. The number of hydrogen-bond acceptors (Lipinski definition) is 3. The van der Waals surface area contributed by atoms with E-state index >= 15 is 0 Å². The lowest BCUT2D eigenvalue weighted by molar-refractivity contribution is 0.475. The molecule has 0 spiro atoms. The summed E-state index contributed by atoms with van der Waals surface area (Å²) >= 11 is 0. The third-order valence-electron chi connectivity index (χ3n) is 2.20. The first-order chi connectivity index (χ1) is 5.79. The van der Waals surface area contributed by atoms with Crippen LogP contribution in [0.2, 0.25) is 0 Å². The number of fused-ring (bicyclic) bond motifs is 1. The van der Waals surface area contributed by atoms with Crippen LogP contribution in [0.15, 0.2) is 18.2 Å². The normalized spacial score (nSPS) is 20.2. The topological polar surface area (TPSA) is 58.3 Å². The fourth-order valence-electron chi connectivity index (χ4n) is 1.56. The van der Waals surface area contributed by atoms with Gasteiger partial charge in [-0.1, -0.05) is 6.07 Å². The van der Waals surface area contributed by atoms with Crippen molar-refractivity contribution < 1.29 is 5.11 Å². The second-order valence-corrected chi connectivity index (χ2v) is 3.12. The average Bonchev–Trinajstić information content (AvgIpc) is 2.46. The van der Waals surface area contributed by atoms with Gasteiger partial charge in [0.15, 0.2) is 0 Å². The zero-order valence-corrected chi connectivity index (χ0v) is 6.75. The molecule has 2 rings (SSSR count). The number of nitrogens with one attached hydrogen (secondary N) is 1. The SMILES string of the molecule is NCC1Cc2ccc(O)cc2N1. The Morgan fingerprint density at radius 2 is 2.42 bits per heavy atom. The van der Waals surface area contributed by atoms with E-state index in [2.05, 4.69) is 5.32 Å². The summed E-state index contributed by atoms with van der Waals surface area (Å²) in [7, 11) is 0. The average molecular weight is 164 g/mol. The molecular formula is C9H12N2O. The van der Waals surface area contributed by atoms with E-state index in [9.17, 15) is 5.11 Å². The Balaban J connectivity index is 2.30. The van der Waals surface area contributed by atoms with Crippen LogP contribution in [0, 0.1) is 0 Å². The molecule has 12 heavy (non-hydrogen) atoms. The molecule has 1 aliphatic rings. The number of rotatable bonds is 1. The molecule has 0 saturated carbocycles. The van der Waals surface area contributed by atoms with E-state index in [1.54, 1.807) is 12.1 Å². The number of aromatic hydroxyl groups is 1. The lowest BCUT2D eigenvalue weighted by Gasteiger charge is -2.05. The Kier molecular flexibility index (Phi) is 1.66. The smallest absolute Gasteiger partial charge is 0.117 e. The van der Waals surface area contributed by atoms with Crippen molar-refractivity contribution in [1.82, 2.24) is 0 Å². The summed E-state index contributed by atoms with van der Waals surface area (Å²) in [4.78, 5) is 0. The molecule has 0 aromatic heterocycles. The van der Waals surface area contributed by atoms with Crippen LogP contribution in [0.1, 0.15) is 5.56 Å². The van der Waals surface area contributed by atoms with Crippen LogP contribution in [0.5, 0.6) is 5.75 Å². The molecule has 1 unspecified atom stereocenters. The summed E-state index contributed by atoms with van der Waals surface area (Å²) in [5.74, 6) is 0.305. The molecule has 1 aromatic carbocycles. The first-order valence-corrected chi connectivity index (χ1v) is 4.08. The molecule has 0 saturated heterocycles. The molecular weight excluding hydrogens is 152 g/mol. The zero-order valence-electron chi connectivity index (χ0n) is 6.75. The zero-order chi connectivity index (χ0) is 8.55. The van der Waals surface area contributed by atoms with Crippen molar-refractivity contribution >= 4 is 5.69 Å². The maximum atomic E-state index is 9.18. The lowest BCUT2D eigenvalue weighted by atomic mass is 10.1. The highest BCUT2D eigenvalue weighted by Gasteiger charge is 2.18. The minimum Gasteiger partial charge on any atom is -0.508 e. The molecule has 0 aliphatic carbocycles. The number of benzene rings is 1. The second-order valence-electron chi connectivity index (χ2n) is 3.12. The van der Waals surface area contributed by atoms with E-state index in [0.717, 1.165) is 12.1 Å². The molecule has 64 valence electrons. The Morgan fingerprint density at radius 3 is 3.17 bits per heavy atom. The minimum absolute atomic E-state index is 0.305. The number of phenolic OH excluding ortho intramolecular Hbond substituents is 1. The Labute approximate surface area is 71.2 Å². The summed E-state index contributed by atoms with van der Waals surface area (Å²) in [6.07, 6.45) is 0.964. The van der Waals surface area contributed by atoms with Crippen LogP contribution in [-0.4, -0.2) is 17.7 Å². The Morgan fingerprint density at radius 1 is 1.58 bits per heavy atom. The highest BCUT2D eigenvalue weighted by atomic mass is 16.3. The Hall–Kier alpha value is -1.22. The highest BCUT2D eigenvalue weighted by Crippen LogP contribution is 2.28. The minimum atomic E-state index is 0.305. The van der Waals surface area contributed by atoms with Gasteiger partial charge in [0.1, 0.15) is 5.75 Å². The second kappa shape index (κ2) is 2.68. The van der Waals surface area contributed by atoms with E-state index in [4.69, 9.17) is 5.73 Å². The van der Waals surface area contributed by atoms with Gasteiger partial charge < -0.3 is 16.2 Å². The van der Waals surface area contributed by atoms with Crippen molar-refractivity contribution in [3.8, 4) is 5.75 Å².